The Kier molecular flexibility index (Phi) is 7.03. The molecule has 0 aromatic heterocycles. The molecule has 3 N–H and O–H groups in total. The van der Waals surface area contributed by atoms with E-state index in [0.717, 1.165) is 42.6 Å². The van der Waals surface area contributed by atoms with Crippen molar-refractivity contribution in [2.75, 3.05) is 13.7 Å². The van der Waals surface area contributed by atoms with E-state index in [1.807, 2.05) is 54.6 Å². The molecule has 0 aliphatic heterocycles. The monoisotopic (exact) mass is 381 g/mol. The number of amides is 3. The molecule has 3 amide bonds. The van der Waals surface area contributed by atoms with Gasteiger partial charge in [-0.15, -0.1) is 0 Å². The number of hydrogen-bond donors (Lipinski definition) is 3. The second-order valence-electron chi connectivity index (χ2n) is 7.00. The van der Waals surface area contributed by atoms with Gasteiger partial charge in [0.2, 0.25) is 5.91 Å². The maximum Gasteiger partial charge on any atom is 0.321 e. The van der Waals surface area contributed by atoms with Crippen molar-refractivity contribution in [3.8, 4) is 5.75 Å². The SMILES string of the molecule is COc1ccc([C@@H](NCC(=O)NC(=O)NC2CCCC2)c2ccccc2)cc1. The van der Waals surface area contributed by atoms with Crippen molar-refractivity contribution in [2.24, 2.45) is 0 Å². The molecule has 0 unspecified atom stereocenters. The highest BCUT2D eigenvalue weighted by molar-refractivity contribution is 5.95. The lowest BCUT2D eigenvalue weighted by Gasteiger charge is -2.20. The number of nitrogens with one attached hydrogen (secondary N) is 3. The molecule has 0 saturated heterocycles. The highest BCUT2D eigenvalue weighted by Gasteiger charge is 2.19. The Morgan fingerprint density at radius 2 is 1.64 bits per heavy atom. The van der Waals surface area contributed by atoms with Gasteiger partial charge in [-0.05, 0) is 36.1 Å². The van der Waals surface area contributed by atoms with Crippen LogP contribution < -0.4 is 20.7 Å². The largest absolute Gasteiger partial charge is 0.497 e. The first-order valence-corrected chi connectivity index (χ1v) is 9.68. The summed E-state index contributed by atoms with van der Waals surface area (Å²) in [5, 5.41) is 8.53. The fraction of sp³-hybridized carbons (Fsp3) is 0.364. The standard InChI is InChI=1S/C22H27N3O3/c1-28-19-13-11-17(12-14-19)21(16-7-3-2-4-8-16)23-15-20(26)25-22(27)24-18-9-5-6-10-18/h2-4,7-8,11-14,18,21,23H,5-6,9-10,15H2,1H3,(H2,24,25,26,27)/t21-/m0/s1. The Morgan fingerprint density at radius 1 is 1.00 bits per heavy atom. The third-order valence-corrected chi connectivity index (χ3v) is 4.99. The van der Waals surface area contributed by atoms with E-state index in [1.165, 1.54) is 0 Å². The van der Waals surface area contributed by atoms with Gasteiger partial charge >= 0.3 is 6.03 Å². The molecule has 1 aliphatic rings. The molecule has 6 nitrogen and oxygen atoms in total. The summed E-state index contributed by atoms with van der Waals surface area (Å²) in [5.74, 6) is 0.418. The average molecular weight is 381 g/mol. The minimum absolute atomic E-state index is 0.0314. The van der Waals surface area contributed by atoms with Gasteiger partial charge in [0.15, 0.2) is 0 Å². The van der Waals surface area contributed by atoms with Crippen LogP contribution in [0, 0.1) is 0 Å². The van der Waals surface area contributed by atoms with Gasteiger partial charge in [-0.1, -0.05) is 55.3 Å². The molecule has 0 heterocycles. The van der Waals surface area contributed by atoms with Crippen LogP contribution in [0.2, 0.25) is 0 Å². The molecule has 0 bridgehead atoms. The molecule has 0 spiro atoms. The molecule has 1 saturated carbocycles. The van der Waals surface area contributed by atoms with Crippen LogP contribution in [-0.2, 0) is 4.79 Å². The molecule has 0 radical (unpaired) electrons. The van der Waals surface area contributed by atoms with E-state index in [4.69, 9.17) is 4.74 Å². The second-order valence-corrected chi connectivity index (χ2v) is 7.00. The van der Waals surface area contributed by atoms with E-state index >= 15 is 0 Å². The molecular weight excluding hydrogens is 354 g/mol. The predicted molar refractivity (Wildman–Crippen MR) is 108 cm³/mol. The normalized spacial score (nSPS) is 15.0. The van der Waals surface area contributed by atoms with Crippen molar-refractivity contribution in [3.63, 3.8) is 0 Å². The molecule has 3 rings (SSSR count). The number of rotatable bonds is 7. The van der Waals surface area contributed by atoms with Crippen molar-refractivity contribution >= 4 is 11.9 Å². The van der Waals surface area contributed by atoms with Gasteiger partial charge < -0.3 is 10.1 Å². The van der Waals surface area contributed by atoms with Crippen LogP contribution in [0.3, 0.4) is 0 Å². The summed E-state index contributed by atoms with van der Waals surface area (Å²) in [6, 6.07) is 17.2. The van der Waals surface area contributed by atoms with Crippen molar-refractivity contribution in [2.45, 2.75) is 37.8 Å². The predicted octanol–water partition coefficient (Wildman–Crippen LogP) is 3.14. The molecule has 1 fully saturated rings. The number of hydrogen-bond acceptors (Lipinski definition) is 4. The van der Waals surface area contributed by atoms with E-state index in [-0.39, 0.29) is 24.5 Å². The summed E-state index contributed by atoms with van der Waals surface area (Å²) >= 11 is 0. The van der Waals surface area contributed by atoms with Crippen LogP contribution in [0.1, 0.15) is 42.9 Å². The number of urea groups is 1. The highest BCUT2D eigenvalue weighted by atomic mass is 16.5. The summed E-state index contributed by atoms with van der Waals surface area (Å²) in [7, 11) is 1.63. The van der Waals surface area contributed by atoms with Crippen molar-refractivity contribution in [1.29, 1.82) is 0 Å². The Hall–Kier alpha value is -2.86. The Labute approximate surface area is 165 Å². The highest BCUT2D eigenvalue weighted by Crippen LogP contribution is 2.24. The van der Waals surface area contributed by atoms with Crippen molar-refractivity contribution < 1.29 is 14.3 Å². The minimum atomic E-state index is -0.417. The summed E-state index contributed by atoms with van der Waals surface area (Å²) in [4.78, 5) is 24.2. The van der Waals surface area contributed by atoms with Crippen molar-refractivity contribution in [3.05, 3.63) is 65.7 Å². The maximum atomic E-state index is 12.2. The van der Waals surface area contributed by atoms with Gasteiger partial charge in [-0.2, -0.15) is 0 Å². The molecule has 148 valence electrons. The quantitative estimate of drug-likeness (QED) is 0.688. The lowest BCUT2D eigenvalue weighted by molar-refractivity contribution is -0.119. The lowest BCUT2D eigenvalue weighted by atomic mass is 9.98. The van der Waals surface area contributed by atoms with E-state index in [2.05, 4.69) is 16.0 Å². The molecule has 6 heteroatoms. The van der Waals surface area contributed by atoms with Gasteiger partial charge in [0.25, 0.3) is 0 Å². The summed E-state index contributed by atoms with van der Waals surface area (Å²) in [5.41, 5.74) is 2.05. The first-order valence-electron chi connectivity index (χ1n) is 9.68. The minimum Gasteiger partial charge on any atom is -0.497 e. The molecule has 2 aromatic carbocycles. The van der Waals surface area contributed by atoms with E-state index in [1.54, 1.807) is 7.11 Å². The number of imide groups is 1. The van der Waals surface area contributed by atoms with Crippen LogP contribution in [0.5, 0.6) is 5.75 Å². The van der Waals surface area contributed by atoms with E-state index in [9.17, 15) is 9.59 Å². The van der Waals surface area contributed by atoms with Crippen LogP contribution >= 0.6 is 0 Å². The zero-order chi connectivity index (χ0) is 19.8. The second kappa shape index (κ2) is 9.90. The third kappa shape index (κ3) is 5.57. The summed E-state index contributed by atoms with van der Waals surface area (Å²) in [6.45, 7) is 0.0314. The zero-order valence-corrected chi connectivity index (χ0v) is 16.1. The Balaban J connectivity index is 1.60. The molecule has 2 aromatic rings. The van der Waals surface area contributed by atoms with Gasteiger partial charge in [0.05, 0.1) is 19.7 Å². The Morgan fingerprint density at radius 3 is 2.29 bits per heavy atom. The van der Waals surface area contributed by atoms with E-state index < -0.39 is 6.03 Å². The lowest BCUT2D eigenvalue weighted by Crippen LogP contribution is -2.46. The van der Waals surface area contributed by atoms with Gasteiger partial charge in [0, 0.05) is 6.04 Å². The molecule has 28 heavy (non-hydrogen) atoms. The van der Waals surface area contributed by atoms with Gasteiger partial charge in [-0.3, -0.25) is 15.4 Å². The molecule has 1 atom stereocenters. The molecule has 1 aliphatic carbocycles. The average Bonchev–Trinajstić information content (AvgIpc) is 3.22. The van der Waals surface area contributed by atoms with Crippen LogP contribution in [0.25, 0.3) is 0 Å². The van der Waals surface area contributed by atoms with Gasteiger partial charge in [-0.25, -0.2) is 4.79 Å². The first kappa shape index (κ1) is 19.9. The Bertz CT molecular complexity index is 771. The third-order valence-electron chi connectivity index (χ3n) is 4.99. The van der Waals surface area contributed by atoms with Crippen LogP contribution in [0.15, 0.2) is 54.6 Å². The van der Waals surface area contributed by atoms with E-state index in [0.29, 0.717) is 0 Å². The topological polar surface area (TPSA) is 79.5 Å². The number of carbonyl (C=O) groups excluding carboxylic acids is 2. The molecular formula is C22H27N3O3. The number of carbonyl (C=O) groups is 2. The van der Waals surface area contributed by atoms with Crippen LogP contribution in [-0.4, -0.2) is 31.6 Å². The summed E-state index contributed by atoms with van der Waals surface area (Å²) < 4.78 is 5.22. The van der Waals surface area contributed by atoms with Crippen molar-refractivity contribution in [1.82, 2.24) is 16.0 Å². The number of ether oxygens (including phenoxy) is 1. The fourth-order valence-corrected chi connectivity index (χ4v) is 3.53. The smallest absolute Gasteiger partial charge is 0.321 e. The number of methoxy groups -OCH3 is 1. The first-order chi connectivity index (χ1) is 13.7. The maximum absolute atomic E-state index is 12.2. The van der Waals surface area contributed by atoms with Crippen LogP contribution in [0.4, 0.5) is 4.79 Å². The zero-order valence-electron chi connectivity index (χ0n) is 16.1. The summed E-state index contributed by atoms with van der Waals surface area (Å²) in [6.07, 6.45) is 4.21. The number of benzene rings is 2. The fourth-order valence-electron chi connectivity index (χ4n) is 3.53. The van der Waals surface area contributed by atoms with Gasteiger partial charge in [0.1, 0.15) is 5.75 Å².